The van der Waals surface area contributed by atoms with E-state index in [2.05, 4.69) is 11.1 Å². The summed E-state index contributed by atoms with van der Waals surface area (Å²) < 4.78 is 32.6. The Morgan fingerprint density at radius 1 is 1.14 bits per heavy atom. The topological polar surface area (TPSA) is 93.1 Å². The van der Waals surface area contributed by atoms with Crippen molar-refractivity contribution in [2.24, 2.45) is 14.0 Å². The second-order valence-corrected chi connectivity index (χ2v) is 8.88. The molecule has 3 aromatic carbocycles. The molecule has 3 heterocycles. The maximum absolute atomic E-state index is 13.1. The molecule has 0 saturated heterocycles. The van der Waals surface area contributed by atoms with Crippen molar-refractivity contribution in [3.63, 3.8) is 0 Å². The molecule has 176 valence electrons. The van der Waals surface area contributed by atoms with E-state index in [1.54, 1.807) is 60.5 Å². The SMILES string of the molecule is [2H]C([2H])([2H])n1c(=O)cc2c3cc(ccc31)C(O)(c1cncn1C)c1ccc(C#N)c(c1)OCc1cccc-2c1. The van der Waals surface area contributed by atoms with E-state index in [0.717, 1.165) is 10.1 Å². The van der Waals surface area contributed by atoms with E-state index in [-0.39, 0.29) is 12.1 Å². The smallest absolute Gasteiger partial charge is 0.251 e. The van der Waals surface area contributed by atoms with Gasteiger partial charge in [0.1, 0.15) is 18.4 Å². The second-order valence-electron chi connectivity index (χ2n) is 8.88. The lowest BCUT2D eigenvalue weighted by molar-refractivity contribution is 0.117. The van der Waals surface area contributed by atoms with Gasteiger partial charge in [-0.1, -0.05) is 30.3 Å². The number of fused-ring (bicyclic) bond motifs is 6. The van der Waals surface area contributed by atoms with Crippen LogP contribution in [0.5, 0.6) is 5.75 Å². The average molecular weight is 478 g/mol. The summed E-state index contributed by atoms with van der Waals surface area (Å²) in [6.45, 7) is -2.59. The number of imidazole rings is 1. The molecule has 0 fully saturated rings. The van der Waals surface area contributed by atoms with Crippen molar-refractivity contribution in [3.8, 4) is 22.9 Å². The quantitative estimate of drug-likeness (QED) is 0.394. The number of aryl methyl sites for hydroxylation is 2. The number of hydrogen-bond donors (Lipinski definition) is 1. The van der Waals surface area contributed by atoms with Crippen molar-refractivity contribution in [2.45, 2.75) is 12.2 Å². The van der Waals surface area contributed by atoms with Gasteiger partial charge in [-0.3, -0.25) is 4.79 Å². The van der Waals surface area contributed by atoms with Crippen LogP contribution in [0.1, 0.15) is 32.1 Å². The number of hydrogen-bond acceptors (Lipinski definition) is 5. The monoisotopic (exact) mass is 477 g/mol. The van der Waals surface area contributed by atoms with Crippen LogP contribution in [0.3, 0.4) is 0 Å². The van der Waals surface area contributed by atoms with Gasteiger partial charge in [0.15, 0.2) is 5.60 Å². The molecule has 1 unspecified atom stereocenters. The van der Waals surface area contributed by atoms with Crippen LogP contribution in [-0.4, -0.2) is 19.2 Å². The molecule has 1 atom stereocenters. The van der Waals surface area contributed by atoms with Gasteiger partial charge in [-0.15, -0.1) is 0 Å². The van der Waals surface area contributed by atoms with Gasteiger partial charge >= 0.3 is 0 Å². The van der Waals surface area contributed by atoms with Crippen LogP contribution in [0.2, 0.25) is 0 Å². The normalized spacial score (nSPS) is 18.1. The molecule has 6 rings (SSSR count). The first-order chi connectivity index (χ1) is 18.6. The number of ether oxygens (including phenoxy) is 1. The first kappa shape index (κ1) is 18.6. The summed E-state index contributed by atoms with van der Waals surface area (Å²) in [7, 11) is 1.76. The maximum Gasteiger partial charge on any atom is 0.251 e. The lowest BCUT2D eigenvalue weighted by Crippen LogP contribution is -2.31. The largest absolute Gasteiger partial charge is 0.488 e. The third-order valence-corrected chi connectivity index (χ3v) is 6.77. The van der Waals surface area contributed by atoms with Crippen LogP contribution in [-0.2, 0) is 26.2 Å². The Kier molecular flexibility index (Phi) is 4.11. The van der Waals surface area contributed by atoms with Crippen molar-refractivity contribution < 1.29 is 14.0 Å². The van der Waals surface area contributed by atoms with E-state index in [1.165, 1.54) is 6.07 Å². The fraction of sp³-hybridized carbons (Fsp3) is 0.138. The molecule has 1 aliphatic rings. The molecule has 7 nitrogen and oxygen atoms in total. The highest BCUT2D eigenvalue weighted by molar-refractivity contribution is 5.95. The number of aromatic nitrogens is 3. The molecule has 1 aliphatic heterocycles. The van der Waals surface area contributed by atoms with Crippen molar-refractivity contribution in [3.05, 3.63) is 118 Å². The number of benzene rings is 3. The zero-order valence-corrected chi connectivity index (χ0v) is 19.3. The summed E-state index contributed by atoms with van der Waals surface area (Å²) in [5, 5.41) is 22.8. The van der Waals surface area contributed by atoms with Gasteiger partial charge in [0.05, 0.1) is 29.3 Å². The van der Waals surface area contributed by atoms with E-state index < -0.39 is 18.1 Å². The molecule has 2 aromatic heterocycles. The van der Waals surface area contributed by atoms with Crippen molar-refractivity contribution in [1.29, 1.82) is 5.26 Å². The molecule has 0 spiro atoms. The third-order valence-electron chi connectivity index (χ3n) is 6.77. The summed E-state index contributed by atoms with van der Waals surface area (Å²) in [5.41, 5.74) is 1.37. The van der Waals surface area contributed by atoms with Gasteiger partial charge in [0.2, 0.25) is 0 Å². The molecule has 7 heteroatoms. The number of rotatable bonds is 1. The zero-order chi connectivity index (χ0) is 27.5. The molecule has 6 bridgehead atoms. The highest BCUT2D eigenvalue weighted by atomic mass is 16.5. The molecular formula is C29H22N4O3. The van der Waals surface area contributed by atoms with Gasteiger partial charge in [0.25, 0.3) is 5.56 Å². The Balaban J connectivity index is 1.78. The first-order valence-electron chi connectivity index (χ1n) is 12.8. The molecule has 0 radical (unpaired) electrons. The molecule has 1 N–H and O–H groups in total. The van der Waals surface area contributed by atoms with Crippen LogP contribution >= 0.6 is 0 Å². The molecule has 36 heavy (non-hydrogen) atoms. The van der Waals surface area contributed by atoms with Gasteiger partial charge < -0.3 is 19.0 Å². The Labute approximate surface area is 211 Å². The van der Waals surface area contributed by atoms with Gasteiger partial charge in [-0.05, 0) is 58.1 Å². The fourth-order valence-electron chi connectivity index (χ4n) is 4.91. The minimum Gasteiger partial charge on any atom is -0.488 e. The van der Waals surface area contributed by atoms with Crippen molar-refractivity contribution >= 4 is 10.9 Å². The molecular weight excluding hydrogens is 452 g/mol. The van der Waals surface area contributed by atoms with E-state index in [4.69, 9.17) is 8.85 Å². The van der Waals surface area contributed by atoms with Crippen LogP contribution in [0, 0.1) is 11.3 Å². The second kappa shape index (κ2) is 7.94. The molecule has 0 aliphatic carbocycles. The highest BCUT2D eigenvalue weighted by Crippen LogP contribution is 2.41. The van der Waals surface area contributed by atoms with Gasteiger partial charge in [0, 0.05) is 29.6 Å². The Morgan fingerprint density at radius 3 is 2.75 bits per heavy atom. The number of nitriles is 1. The number of pyridine rings is 1. The minimum atomic E-state index is -2.71. The summed E-state index contributed by atoms with van der Waals surface area (Å²) in [4.78, 5) is 17.4. The van der Waals surface area contributed by atoms with E-state index in [1.807, 2.05) is 24.3 Å². The number of nitrogens with zero attached hydrogens (tertiary/aromatic N) is 4. The van der Waals surface area contributed by atoms with E-state index in [9.17, 15) is 15.2 Å². The molecule has 0 amide bonds. The van der Waals surface area contributed by atoms with Gasteiger partial charge in [-0.25, -0.2) is 4.98 Å². The maximum atomic E-state index is 13.1. The van der Waals surface area contributed by atoms with Crippen LogP contribution < -0.4 is 10.3 Å². The van der Waals surface area contributed by atoms with Crippen molar-refractivity contribution in [2.75, 3.05) is 0 Å². The lowest BCUT2D eigenvalue weighted by atomic mass is 9.82. The van der Waals surface area contributed by atoms with Crippen LogP contribution in [0.15, 0.2) is 84.0 Å². The zero-order valence-electron chi connectivity index (χ0n) is 22.3. The lowest BCUT2D eigenvalue weighted by Gasteiger charge is -2.30. The Bertz CT molecular complexity index is 1880. The van der Waals surface area contributed by atoms with Crippen LogP contribution in [0.4, 0.5) is 0 Å². The van der Waals surface area contributed by atoms with Gasteiger partial charge in [-0.2, -0.15) is 5.26 Å². The number of aliphatic hydroxyl groups is 1. The Hall–Kier alpha value is -4.67. The summed E-state index contributed by atoms with van der Waals surface area (Å²) in [6.07, 6.45) is 3.12. The molecule has 5 aromatic rings. The van der Waals surface area contributed by atoms with Crippen molar-refractivity contribution in [1.82, 2.24) is 14.1 Å². The van der Waals surface area contributed by atoms with E-state index >= 15 is 0 Å². The Morgan fingerprint density at radius 2 is 1.97 bits per heavy atom. The predicted octanol–water partition coefficient (Wildman–Crippen LogP) is 3.99. The summed E-state index contributed by atoms with van der Waals surface area (Å²) >= 11 is 0. The fourth-order valence-corrected chi connectivity index (χ4v) is 4.91. The minimum absolute atomic E-state index is 0.128. The van der Waals surface area contributed by atoms with Crippen LogP contribution in [0.25, 0.3) is 22.0 Å². The standard InChI is InChI=1S/C29H22N4O3/c1-32-17-31-15-27(32)29(35)21-8-9-25-24(11-21)23(13-28(34)33(25)2)19-5-3-4-18(10-19)16-36-26-12-22(29)7-6-20(26)14-30/h3-13,15,17,35H,16H2,1-2H3/i2D3. The highest BCUT2D eigenvalue weighted by Gasteiger charge is 2.37. The third kappa shape index (κ3) is 3.16. The molecule has 0 saturated carbocycles. The predicted molar refractivity (Wildman–Crippen MR) is 135 cm³/mol. The first-order valence-corrected chi connectivity index (χ1v) is 11.3. The van der Waals surface area contributed by atoms with E-state index in [0.29, 0.717) is 44.6 Å². The summed E-state index contributed by atoms with van der Waals surface area (Å²) in [6, 6.07) is 20.6. The summed E-state index contributed by atoms with van der Waals surface area (Å²) in [5.74, 6) is 0.306. The average Bonchev–Trinajstić information content (AvgIpc) is 3.35.